The maximum absolute atomic E-state index is 13.6. The Kier molecular flexibility index (Phi) is 5.09. The van der Waals surface area contributed by atoms with Crippen molar-refractivity contribution in [3.63, 3.8) is 0 Å². The molecular weight excluding hydrogens is 380 g/mol. The molecule has 1 amide bonds. The van der Waals surface area contributed by atoms with Gasteiger partial charge in [0, 0.05) is 23.2 Å². The molecule has 0 fully saturated rings. The quantitative estimate of drug-likeness (QED) is 0.658. The van der Waals surface area contributed by atoms with Gasteiger partial charge in [-0.25, -0.2) is 14.4 Å². The SMILES string of the molecule is CC(C)(Nc1ccnc(-c2c[nH]c3c2=CC(F)CN=3)n1)C(=O)NCC(F)(F)F. The number of nitrogens with zero attached hydrogens (tertiary/aromatic N) is 3. The monoisotopic (exact) mass is 398 g/mol. The van der Waals surface area contributed by atoms with Gasteiger partial charge in [-0.05, 0) is 26.0 Å². The molecule has 0 bridgehead atoms. The second kappa shape index (κ2) is 7.21. The minimum Gasteiger partial charge on any atom is -0.356 e. The number of hydrogen-bond acceptors (Lipinski definition) is 5. The van der Waals surface area contributed by atoms with Crippen LogP contribution in [0.2, 0.25) is 0 Å². The molecule has 0 spiro atoms. The summed E-state index contributed by atoms with van der Waals surface area (Å²) in [5.74, 6) is -0.345. The summed E-state index contributed by atoms with van der Waals surface area (Å²) in [7, 11) is 0. The summed E-state index contributed by atoms with van der Waals surface area (Å²) in [6, 6.07) is 1.48. The van der Waals surface area contributed by atoms with E-state index in [1.54, 1.807) is 6.20 Å². The summed E-state index contributed by atoms with van der Waals surface area (Å²) in [5, 5.41) is 5.17. The Morgan fingerprint density at radius 2 is 2.11 bits per heavy atom. The number of anilines is 1. The predicted octanol–water partition coefficient (Wildman–Crippen LogP) is 1.09. The number of fused-ring (bicyclic) bond motifs is 1. The number of alkyl halides is 4. The normalized spacial score (nSPS) is 16.6. The smallest absolute Gasteiger partial charge is 0.356 e. The Balaban J connectivity index is 1.82. The molecular formula is C17H18F4N6O. The van der Waals surface area contributed by atoms with E-state index in [1.165, 1.54) is 32.2 Å². The summed E-state index contributed by atoms with van der Waals surface area (Å²) >= 11 is 0. The van der Waals surface area contributed by atoms with E-state index in [2.05, 4.69) is 25.3 Å². The first-order chi connectivity index (χ1) is 13.0. The summed E-state index contributed by atoms with van der Waals surface area (Å²) in [4.78, 5) is 27.5. The van der Waals surface area contributed by atoms with Crippen LogP contribution in [-0.4, -0.2) is 51.8 Å². The number of aromatic nitrogens is 3. The maximum Gasteiger partial charge on any atom is 0.405 e. The first-order valence-corrected chi connectivity index (χ1v) is 8.39. The molecule has 3 rings (SSSR count). The van der Waals surface area contributed by atoms with Crippen molar-refractivity contribution in [2.24, 2.45) is 4.99 Å². The zero-order chi connectivity index (χ0) is 20.5. The van der Waals surface area contributed by atoms with Crippen LogP contribution in [0, 0.1) is 0 Å². The fourth-order valence-electron chi connectivity index (χ4n) is 2.66. The van der Waals surface area contributed by atoms with Crippen molar-refractivity contribution in [3.8, 4) is 11.4 Å². The van der Waals surface area contributed by atoms with Crippen LogP contribution in [0.15, 0.2) is 23.5 Å². The number of carbonyl (C=O) groups excluding carboxylic acids is 1. The van der Waals surface area contributed by atoms with Crippen LogP contribution in [-0.2, 0) is 4.79 Å². The van der Waals surface area contributed by atoms with E-state index in [1.807, 2.05) is 5.32 Å². The van der Waals surface area contributed by atoms with Crippen LogP contribution in [0.1, 0.15) is 13.8 Å². The standard InChI is InChI=1S/C17H18F4N6O/c1-16(2,15(28)25-8-17(19,20)21)27-12-3-4-22-14(26-12)11-7-24-13-10(11)5-9(18)6-23-13/h3-5,7,9H,6,8H2,1-2H3,(H,23,24)(H,25,28)(H,22,26,27). The van der Waals surface area contributed by atoms with E-state index in [4.69, 9.17) is 0 Å². The molecule has 1 unspecified atom stereocenters. The van der Waals surface area contributed by atoms with Gasteiger partial charge in [-0.1, -0.05) is 0 Å². The van der Waals surface area contributed by atoms with Crippen molar-refractivity contribution in [2.75, 3.05) is 18.4 Å². The highest BCUT2D eigenvalue weighted by molar-refractivity contribution is 5.88. The molecule has 0 aromatic carbocycles. The molecule has 3 heterocycles. The fourth-order valence-corrected chi connectivity index (χ4v) is 2.66. The summed E-state index contributed by atoms with van der Waals surface area (Å²) in [5.41, 5.74) is -0.304. The highest BCUT2D eigenvalue weighted by Gasteiger charge is 2.33. The summed E-state index contributed by atoms with van der Waals surface area (Å²) in [6.07, 6.45) is -1.26. The van der Waals surface area contributed by atoms with Crippen molar-refractivity contribution in [1.82, 2.24) is 20.3 Å². The van der Waals surface area contributed by atoms with Crippen molar-refractivity contribution < 1.29 is 22.4 Å². The molecule has 0 radical (unpaired) electrons. The summed E-state index contributed by atoms with van der Waals surface area (Å²) < 4.78 is 50.6. The van der Waals surface area contributed by atoms with Gasteiger partial charge in [0.1, 0.15) is 29.6 Å². The van der Waals surface area contributed by atoms with Gasteiger partial charge in [0.25, 0.3) is 0 Å². The molecule has 11 heteroatoms. The lowest BCUT2D eigenvalue weighted by Crippen LogP contribution is -2.50. The lowest BCUT2D eigenvalue weighted by molar-refractivity contribution is -0.140. The zero-order valence-electron chi connectivity index (χ0n) is 15.1. The molecule has 1 atom stereocenters. The summed E-state index contributed by atoms with van der Waals surface area (Å²) in [6.45, 7) is 1.47. The van der Waals surface area contributed by atoms with E-state index >= 15 is 0 Å². The number of hydrogen-bond donors (Lipinski definition) is 3. The van der Waals surface area contributed by atoms with Gasteiger partial charge in [0.15, 0.2) is 5.82 Å². The predicted molar refractivity (Wildman–Crippen MR) is 93.6 cm³/mol. The Morgan fingerprint density at radius 3 is 2.82 bits per heavy atom. The molecule has 0 saturated carbocycles. The third kappa shape index (κ3) is 4.46. The number of rotatable bonds is 5. The van der Waals surface area contributed by atoms with E-state index < -0.39 is 30.3 Å². The molecule has 2 aromatic heterocycles. The largest absolute Gasteiger partial charge is 0.405 e. The average Bonchev–Trinajstić information content (AvgIpc) is 3.01. The van der Waals surface area contributed by atoms with Crippen LogP contribution in [0.5, 0.6) is 0 Å². The van der Waals surface area contributed by atoms with Gasteiger partial charge < -0.3 is 15.6 Å². The molecule has 1 aliphatic rings. The van der Waals surface area contributed by atoms with Gasteiger partial charge in [-0.15, -0.1) is 0 Å². The molecule has 1 aliphatic heterocycles. The number of amides is 1. The fraction of sp³-hybridized carbons (Fsp3) is 0.412. The van der Waals surface area contributed by atoms with Crippen LogP contribution >= 0.6 is 0 Å². The van der Waals surface area contributed by atoms with Crippen molar-refractivity contribution in [2.45, 2.75) is 31.7 Å². The zero-order valence-corrected chi connectivity index (χ0v) is 15.1. The Labute approximate surface area is 157 Å². The lowest BCUT2D eigenvalue weighted by Gasteiger charge is -2.26. The third-order valence-electron chi connectivity index (χ3n) is 4.02. The van der Waals surface area contributed by atoms with Gasteiger partial charge in [-0.3, -0.25) is 9.79 Å². The van der Waals surface area contributed by atoms with E-state index in [0.717, 1.165) is 0 Å². The molecule has 0 aliphatic carbocycles. The van der Waals surface area contributed by atoms with E-state index in [0.29, 0.717) is 16.3 Å². The van der Waals surface area contributed by atoms with Crippen LogP contribution in [0.25, 0.3) is 17.5 Å². The second-order valence-corrected chi connectivity index (χ2v) is 6.80. The highest BCUT2D eigenvalue weighted by Crippen LogP contribution is 2.18. The maximum atomic E-state index is 13.6. The Morgan fingerprint density at radius 1 is 1.36 bits per heavy atom. The van der Waals surface area contributed by atoms with Crippen molar-refractivity contribution in [1.29, 1.82) is 0 Å². The van der Waals surface area contributed by atoms with E-state index in [-0.39, 0.29) is 18.2 Å². The molecule has 150 valence electrons. The number of nitrogens with one attached hydrogen (secondary N) is 3. The molecule has 3 N–H and O–H groups in total. The lowest BCUT2D eigenvalue weighted by atomic mass is 10.0. The molecule has 2 aromatic rings. The van der Waals surface area contributed by atoms with Crippen molar-refractivity contribution >= 4 is 17.8 Å². The average molecular weight is 398 g/mol. The van der Waals surface area contributed by atoms with E-state index in [9.17, 15) is 22.4 Å². The number of carbonyl (C=O) groups is 1. The number of halogens is 4. The Bertz CT molecular complexity index is 998. The minimum atomic E-state index is -4.50. The number of H-pyrrole nitrogens is 1. The van der Waals surface area contributed by atoms with Gasteiger partial charge >= 0.3 is 6.18 Å². The highest BCUT2D eigenvalue weighted by atomic mass is 19.4. The third-order valence-corrected chi connectivity index (χ3v) is 4.02. The molecule has 28 heavy (non-hydrogen) atoms. The molecule has 7 nitrogen and oxygen atoms in total. The first kappa shape index (κ1) is 19.8. The number of aromatic amines is 1. The van der Waals surface area contributed by atoms with Gasteiger partial charge in [0.2, 0.25) is 5.91 Å². The molecule has 0 saturated heterocycles. The van der Waals surface area contributed by atoms with Crippen molar-refractivity contribution in [3.05, 3.63) is 29.2 Å². The van der Waals surface area contributed by atoms with Crippen LogP contribution < -0.4 is 21.3 Å². The second-order valence-electron chi connectivity index (χ2n) is 6.80. The van der Waals surface area contributed by atoms with Gasteiger partial charge in [0.05, 0.1) is 6.54 Å². The minimum absolute atomic E-state index is 0.0383. The first-order valence-electron chi connectivity index (χ1n) is 8.39. The van der Waals surface area contributed by atoms with Gasteiger partial charge in [-0.2, -0.15) is 13.2 Å². The van der Waals surface area contributed by atoms with Crippen LogP contribution in [0.3, 0.4) is 0 Å². The topological polar surface area (TPSA) is 95.1 Å². The Hall–Kier alpha value is -2.98. The van der Waals surface area contributed by atoms with Crippen LogP contribution in [0.4, 0.5) is 23.4 Å².